The maximum atomic E-state index is 11.5. The van der Waals surface area contributed by atoms with Crippen molar-refractivity contribution in [3.05, 3.63) is 23.8 Å². The fraction of sp³-hybridized carbons (Fsp3) is 0.500. The molecule has 0 aliphatic carbocycles. The Balaban J connectivity index is 2.16. The number of hydrogen-bond acceptors (Lipinski definition) is 3. The van der Waals surface area contributed by atoms with Crippen LogP contribution in [0, 0.1) is 0 Å². The van der Waals surface area contributed by atoms with Crippen LogP contribution < -0.4 is 9.47 Å². The number of ether oxygens (including phenoxy) is 2. The Morgan fingerprint density at radius 1 is 1.28 bits per heavy atom. The highest BCUT2D eigenvalue weighted by atomic mass is 16.6. The van der Waals surface area contributed by atoms with Gasteiger partial charge in [0.15, 0.2) is 11.5 Å². The van der Waals surface area contributed by atoms with Crippen LogP contribution in [-0.2, 0) is 11.3 Å². The van der Waals surface area contributed by atoms with Gasteiger partial charge in [-0.15, -0.1) is 0 Å². The van der Waals surface area contributed by atoms with Crippen LogP contribution in [0.25, 0.3) is 0 Å². The first-order valence-corrected chi connectivity index (χ1v) is 6.23. The molecule has 98 valence electrons. The summed E-state index contributed by atoms with van der Waals surface area (Å²) in [5, 5.41) is 0. The highest BCUT2D eigenvalue weighted by molar-refractivity contribution is 5.73. The minimum atomic E-state index is 0.0832. The molecule has 0 aromatic heterocycles. The van der Waals surface area contributed by atoms with Crippen molar-refractivity contribution in [2.75, 3.05) is 13.2 Å². The molecule has 1 heterocycles. The lowest BCUT2D eigenvalue weighted by molar-refractivity contribution is -0.131. The van der Waals surface area contributed by atoms with Gasteiger partial charge in [-0.05, 0) is 31.5 Å². The number of rotatable bonds is 3. The second-order valence-electron chi connectivity index (χ2n) is 4.72. The monoisotopic (exact) mass is 249 g/mol. The molecule has 1 aromatic rings. The van der Waals surface area contributed by atoms with Crippen LogP contribution in [0.4, 0.5) is 0 Å². The maximum Gasteiger partial charge on any atom is 0.219 e. The smallest absolute Gasteiger partial charge is 0.219 e. The Morgan fingerprint density at radius 3 is 2.56 bits per heavy atom. The average Bonchev–Trinajstić information content (AvgIpc) is 2.35. The lowest BCUT2D eigenvalue weighted by atomic mass is 10.1. The van der Waals surface area contributed by atoms with Crippen molar-refractivity contribution in [2.45, 2.75) is 33.4 Å². The van der Waals surface area contributed by atoms with Gasteiger partial charge in [-0.1, -0.05) is 6.07 Å². The quantitative estimate of drug-likeness (QED) is 0.824. The highest BCUT2D eigenvalue weighted by Crippen LogP contribution is 2.31. The summed E-state index contributed by atoms with van der Waals surface area (Å²) in [7, 11) is 0. The van der Waals surface area contributed by atoms with Gasteiger partial charge in [0.05, 0.1) is 0 Å². The lowest BCUT2D eigenvalue weighted by Crippen LogP contribution is -2.34. The summed E-state index contributed by atoms with van der Waals surface area (Å²) in [6.45, 7) is 7.40. The summed E-state index contributed by atoms with van der Waals surface area (Å²) in [5.74, 6) is 1.63. The molecule has 0 atom stereocenters. The van der Waals surface area contributed by atoms with Crippen molar-refractivity contribution in [1.29, 1.82) is 0 Å². The molecule has 18 heavy (non-hydrogen) atoms. The van der Waals surface area contributed by atoms with Gasteiger partial charge >= 0.3 is 0 Å². The number of carbonyl (C=O) groups excluding carboxylic acids is 1. The zero-order valence-electron chi connectivity index (χ0n) is 11.1. The molecule has 0 spiro atoms. The maximum absolute atomic E-state index is 11.5. The molecule has 0 N–H and O–H groups in total. The molecule has 2 rings (SSSR count). The van der Waals surface area contributed by atoms with E-state index in [1.807, 2.05) is 36.9 Å². The summed E-state index contributed by atoms with van der Waals surface area (Å²) < 4.78 is 11.0. The van der Waals surface area contributed by atoms with E-state index < -0.39 is 0 Å². The van der Waals surface area contributed by atoms with Crippen LogP contribution in [0.5, 0.6) is 11.5 Å². The van der Waals surface area contributed by atoms with Gasteiger partial charge in [0.1, 0.15) is 13.2 Å². The molecular formula is C14H19NO3. The molecule has 0 fully saturated rings. The van der Waals surface area contributed by atoms with Gasteiger partial charge in [0, 0.05) is 19.5 Å². The van der Waals surface area contributed by atoms with Crippen LogP contribution >= 0.6 is 0 Å². The molecule has 1 aliphatic heterocycles. The van der Waals surface area contributed by atoms with E-state index in [-0.39, 0.29) is 11.9 Å². The van der Waals surface area contributed by atoms with E-state index in [1.54, 1.807) is 6.92 Å². The fourth-order valence-electron chi connectivity index (χ4n) is 2.04. The van der Waals surface area contributed by atoms with Crippen molar-refractivity contribution in [1.82, 2.24) is 4.90 Å². The molecular weight excluding hydrogens is 230 g/mol. The predicted molar refractivity (Wildman–Crippen MR) is 68.8 cm³/mol. The van der Waals surface area contributed by atoms with E-state index in [9.17, 15) is 4.79 Å². The largest absolute Gasteiger partial charge is 0.486 e. The first-order chi connectivity index (χ1) is 8.58. The van der Waals surface area contributed by atoms with Gasteiger partial charge in [0.25, 0.3) is 0 Å². The van der Waals surface area contributed by atoms with Crippen molar-refractivity contribution in [3.63, 3.8) is 0 Å². The number of fused-ring (bicyclic) bond motifs is 1. The Hall–Kier alpha value is -1.71. The van der Waals surface area contributed by atoms with E-state index in [1.165, 1.54) is 0 Å². The van der Waals surface area contributed by atoms with Crippen LogP contribution in [-0.4, -0.2) is 30.1 Å². The highest BCUT2D eigenvalue weighted by Gasteiger charge is 2.16. The molecule has 1 amide bonds. The average molecular weight is 249 g/mol. The zero-order valence-corrected chi connectivity index (χ0v) is 11.1. The number of carbonyl (C=O) groups is 1. The van der Waals surface area contributed by atoms with Crippen molar-refractivity contribution in [2.24, 2.45) is 0 Å². The molecule has 0 radical (unpaired) electrons. The molecule has 0 unspecified atom stereocenters. The van der Waals surface area contributed by atoms with Crippen LogP contribution in [0.15, 0.2) is 18.2 Å². The molecule has 0 bridgehead atoms. The van der Waals surface area contributed by atoms with E-state index in [4.69, 9.17) is 9.47 Å². The number of benzene rings is 1. The summed E-state index contributed by atoms with van der Waals surface area (Å²) in [6, 6.07) is 6.02. The zero-order chi connectivity index (χ0) is 13.1. The van der Waals surface area contributed by atoms with Crippen molar-refractivity contribution >= 4 is 5.91 Å². The van der Waals surface area contributed by atoms with E-state index in [0.29, 0.717) is 19.8 Å². The van der Waals surface area contributed by atoms with Crippen molar-refractivity contribution < 1.29 is 14.3 Å². The minimum absolute atomic E-state index is 0.0832. The van der Waals surface area contributed by atoms with Crippen molar-refractivity contribution in [3.8, 4) is 11.5 Å². The fourth-order valence-corrected chi connectivity index (χ4v) is 2.04. The third-order valence-corrected chi connectivity index (χ3v) is 2.99. The normalized spacial score (nSPS) is 13.6. The molecule has 0 saturated heterocycles. The first kappa shape index (κ1) is 12.7. The first-order valence-electron chi connectivity index (χ1n) is 6.23. The van der Waals surface area contributed by atoms with Gasteiger partial charge in [0.2, 0.25) is 5.91 Å². The topological polar surface area (TPSA) is 38.8 Å². The molecule has 4 nitrogen and oxygen atoms in total. The molecule has 4 heteroatoms. The van der Waals surface area contributed by atoms with Gasteiger partial charge in [-0.25, -0.2) is 0 Å². The Bertz CT molecular complexity index is 443. The van der Waals surface area contributed by atoms with Crippen LogP contribution in [0.1, 0.15) is 26.3 Å². The molecule has 1 aliphatic rings. The van der Waals surface area contributed by atoms with Crippen LogP contribution in [0.3, 0.4) is 0 Å². The summed E-state index contributed by atoms with van der Waals surface area (Å²) in [4.78, 5) is 13.4. The second kappa shape index (κ2) is 5.29. The second-order valence-corrected chi connectivity index (χ2v) is 4.72. The Labute approximate surface area is 107 Å². The summed E-state index contributed by atoms with van der Waals surface area (Å²) in [6.07, 6.45) is 0. The molecule has 1 aromatic carbocycles. The number of nitrogens with zero attached hydrogens (tertiary/aromatic N) is 1. The van der Waals surface area contributed by atoms with E-state index >= 15 is 0 Å². The van der Waals surface area contributed by atoms with E-state index in [2.05, 4.69) is 0 Å². The standard InChI is InChI=1S/C14H19NO3/c1-10(2)15(11(3)16)9-12-4-5-13-14(8-12)18-7-6-17-13/h4-5,8,10H,6-7,9H2,1-3H3. The Kier molecular flexibility index (Phi) is 3.75. The van der Waals surface area contributed by atoms with Gasteiger partial charge in [-0.3, -0.25) is 4.79 Å². The lowest BCUT2D eigenvalue weighted by Gasteiger charge is -2.26. The predicted octanol–water partition coefficient (Wildman–Crippen LogP) is 2.21. The SMILES string of the molecule is CC(=O)N(Cc1ccc2c(c1)OCCO2)C(C)C. The molecule has 0 saturated carbocycles. The van der Waals surface area contributed by atoms with E-state index in [0.717, 1.165) is 17.1 Å². The third kappa shape index (κ3) is 2.75. The van der Waals surface area contributed by atoms with Crippen LogP contribution in [0.2, 0.25) is 0 Å². The minimum Gasteiger partial charge on any atom is -0.486 e. The Morgan fingerprint density at radius 2 is 1.94 bits per heavy atom. The third-order valence-electron chi connectivity index (χ3n) is 2.99. The summed E-state index contributed by atoms with van der Waals surface area (Å²) in [5.41, 5.74) is 1.06. The number of hydrogen-bond donors (Lipinski definition) is 0. The summed E-state index contributed by atoms with van der Waals surface area (Å²) >= 11 is 0. The van der Waals surface area contributed by atoms with Gasteiger partial charge in [-0.2, -0.15) is 0 Å². The van der Waals surface area contributed by atoms with Gasteiger partial charge < -0.3 is 14.4 Å². The number of amides is 1.